The fourth-order valence-electron chi connectivity index (χ4n) is 3.29. The van der Waals surface area contributed by atoms with Crippen molar-refractivity contribution in [1.29, 1.82) is 0 Å². The Balaban J connectivity index is 1.33. The summed E-state index contributed by atoms with van der Waals surface area (Å²) in [6, 6.07) is 16.1. The van der Waals surface area contributed by atoms with E-state index >= 15 is 0 Å². The summed E-state index contributed by atoms with van der Waals surface area (Å²) in [5.74, 6) is 0.270. The number of oxazole rings is 1. The van der Waals surface area contributed by atoms with Gasteiger partial charge in [0.05, 0.1) is 23.0 Å². The highest BCUT2D eigenvalue weighted by Gasteiger charge is 2.17. The molecule has 2 aromatic carbocycles. The van der Waals surface area contributed by atoms with Crippen molar-refractivity contribution in [3.05, 3.63) is 94.4 Å². The van der Waals surface area contributed by atoms with Crippen molar-refractivity contribution >= 4 is 28.8 Å². The van der Waals surface area contributed by atoms with Crippen molar-refractivity contribution in [3.8, 4) is 10.8 Å². The number of benzene rings is 2. The van der Waals surface area contributed by atoms with E-state index in [1.165, 1.54) is 35.6 Å². The predicted molar refractivity (Wildman–Crippen MR) is 126 cm³/mol. The van der Waals surface area contributed by atoms with Gasteiger partial charge in [0.15, 0.2) is 0 Å². The molecule has 6 nitrogen and oxygen atoms in total. The molecule has 1 atom stereocenters. The van der Waals surface area contributed by atoms with Crippen LogP contribution in [0.1, 0.15) is 40.3 Å². The van der Waals surface area contributed by atoms with E-state index in [0.717, 1.165) is 10.4 Å². The molecule has 0 aliphatic carbocycles. The Hall–Kier alpha value is -3.78. The largest absolute Gasteiger partial charge is 0.440 e. The van der Waals surface area contributed by atoms with Gasteiger partial charge in [-0.2, -0.15) is 0 Å². The monoisotopic (exact) mass is 463 g/mol. The fraction of sp³-hybridized carbons (Fsp3) is 0.160. The van der Waals surface area contributed by atoms with Crippen molar-refractivity contribution in [1.82, 2.24) is 10.3 Å². The van der Waals surface area contributed by atoms with Crippen LogP contribution in [0.5, 0.6) is 0 Å². The summed E-state index contributed by atoms with van der Waals surface area (Å²) in [5.41, 5.74) is 2.47. The van der Waals surface area contributed by atoms with Crippen molar-refractivity contribution in [2.45, 2.75) is 26.3 Å². The van der Waals surface area contributed by atoms with Gasteiger partial charge >= 0.3 is 0 Å². The summed E-state index contributed by atoms with van der Waals surface area (Å²) in [4.78, 5) is 30.2. The minimum Gasteiger partial charge on any atom is -0.440 e. The number of hydrogen-bond donors (Lipinski definition) is 2. The first-order valence-corrected chi connectivity index (χ1v) is 11.2. The number of carbonyl (C=O) groups excluding carboxylic acids is 2. The van der Waals surface area contributed by atoms with Gasteiger partial charge in [0.25, 0.3) is 5.91 Å². The molecule has 4 aromatic rings. The van der Waals surface area contributed by atoms with Crippen LogP contribution in [0.4, 0.5) is 10.1 Å². The average Bonchev–Trinajstić information content (AvgIpc) is 3.45. The third-order valence-corrected chi connectivity index (χ3v) is 5.96. The molecule has 4 rings (SSSR count). The first-order valence-electron chi connectivity index (χ1n) is 10.4. The molecule has 2 aromatic heterocycles. The molecular formula is C25H22FN3O3S. The molecule has 8 heteroatoms. The standard InChI is InChI=1S/C25H22FN3O3S/c1-15(27-23(30)14-21-16(2)32-25(29-21)22-4-3-13-33-22)17-7-11-20(12-8-17)28-24(31)18-5-9-19(26)10-6-18/h3-13,15H,14H2,1-2H3,(H,27,30)(H,28,31). The number of nitrogens with one attached hydrogen (secondary N) is 2. The van der Waals surface area contributed by atoms with Crippen molar-refractivity contribution in [2.24, 2.45) is 0 Å². The number of amides is 2. The third-order valence-electron chi connectivity index (χ3n) is 5.11. The maximum absolute atomic E-state index is 13.0. The van der Waals surface area contributed by atoms with Gasteiger partial charge in [-0.25, -0.2) is 9.37 Å². The van der Waals surface area contributed by atoms with Crippen molar-refractivity contribution < 1.29 is 18.4 Å². The van der Waals surface area contributed by atoms with E-state index in [4.69, 9.17) is 4.42 Å². The number of aromatic nitrogens is 1. The predicted octanol–water partition coefficient (Wildman–Crippen LogP) is 5.52. The van der Waals surface area contributed by atoms with E-state index in [1.54, 1.807) is 19.1 Å². The summed E-state index contributed by atoms with van der Waals surface area (Å²) in [5, 5.41) is 7.68. The van der Waals surface area contributed by atoms with E-state index < -0.39 is 5.82 Å². The lowest BCUT2D eigenvalue weighted by Crippen LogP contribution is -2.28. The third kappa shape index (κ3) is 5.53. The Bertz CT molecular complexity index is 1250. The number of aryl methyl sites for hydroxylation is 1. The van der Waals surface area contributed by atoms with Crippen LogP contribution in [0.2, 0.25) is 0 Å². The number of hydrogen-bond acceptors (Lipinski definition) is 5. The molecule has 1 unspecified atom stereocenters. The summed E-state index contributed by atoms with van der Waals surface area (Å²) >= 11 is 1.53. The normalized spacial score (nSPS) is 11.7. The maximum Gasteiger partial charge on any atom is 0.255 e. The summed E-state index contributed by atoms with van der Waals surface area (Å²) in [6.07, 6.45) is 0.122. The zero-order chi connectivity index (χ0) is 23.4. The highest BCUT2D eigenvalue weighted by molar-refractivity contribution is 7.13. The van der Waals surface area contributed by atoms with Gasteiger partial charge in [0.2, 0.25) is 11.8 Å². The number of thiophene rings is 1. The van der Waals surface area contributed by atoms with Crippen LogP contribution in [-0.4, -0.2) is 16.8 Å². The van der Waals surface area contributed by atoms with Crippen LogP contribution >= 0.6 is 11.3 Å². The minimum absolute atomic E-state index is 0.122. The van der Waals surface area contributed by atoms with Gasteiger partial charge in [-0.15, -0.1) is 11.3 Å². The van der Waals surface area contributed by atoms with E-state index in [9.17, 15) is 14.0 Å². The summed E-state index contributed by atoms with van der Waals surface area (Å²) in [7, 11) is 0. The maximum atomic E-state index is 13.0. The van der Waals surface area contributed by atoms with Crippen LogP contribution in [0.25, 0.3) is 10.8 Å². The molecule has 0 aliphatic heterocycles. The van der Waals surface area contributed by atoms with Gasteiger partial charge in [-0.3, -0.25) is 9.59 Å². The van der Waals surface area contributed by atoms with Gasteiger partial charge in [0.1, 0.15) is 11.6 Å². The fourth-order valence-corrected chi connectivity index (χ4v) is 3.93. The molecule has 2 N–H and O–H groups in total. The number of halogens is 1. The first kappa shape index (κ1) is 22.4. The SMILES string of the molecule is Cc1oc(-c2cccs2)nc1CC(=O)NC(C)c1ccc(NC(=O)c2ccc(F)cc2)cc1. The molecule has 0 spiro atoms. The molecule has 0 bridgehead atoms. The number of anilines is 1. The van der Waals surface area contributed by atoms with Crippen LogP contribution in [-0.2, 0) is 11.2 Å². The van der Waals surface area contributed by atoms with Crippen LogP contribution in [0, 0.1) is 12.7 Å². The second-order valence-corrected chi connectivity index (χ2v) is 8.50. The second kappa shape index (κ2) is 9.79. The van der Waals surface area contributed by atoms with Gasteiger partial charge < -0.3 is 15.1 Å². The lowest BCUT2D eigenvalue weighted by Gasteiger charge is -2.15. The molecule has 0 aliphatic rings. The topological polar surface area (TPSA) is 84.2 Å². The van der Waals surface area contributed by atoms with E-state index in [2.05, 4.69) is 15.6 Å². The zero-order valence-corrected chi connectivity index (χ0v) is 18.9. The Morgan fingerprint density at radius 2 is 1.82 bits per heavy atom. The Morgan fingerprint density at radius 1 is 1.09 bits per heavy atom. The van der Waals surface area contributed by atoms with E-state index in [1.807, 2.05) is 36.6 Å². The molecule has 0 saturated heterocycles. The molecular weight excluding hydrogens is 441 g/mol. The molecule has 2 heterocycles. The second-order valence-electron chi connectivity index (χ2n) is 7.55. The number of rotatable bonds is 7. The Kier molecular flexibility index (Phi) is 6.65. The quantitative estimate of drug-likeness (QED) is 0.378. The van der Waals surface area contributed by atoms with Gasteiger partial charge in [-0.05, 0) is 67.3 Å². The average molecular weight is 464 g/mol. The van der Waals surface area contributed by atoms with Gasteiger partial charge in [-0.1, -0.05) is 18.2 Å². The van der Waals surface area contributed by atoms with Crippen LogP contribution in [0.3, 0.4) is 0 Å². The summed E-state index contributed by atoms with van der Waals surface area (Å²) in [6.45, 7) is 3.69. The molecule has 0 radical (unpaired) electrons. The molecule has 0 fully saturated rings. The lowest BCUT2D eigenvalue weighted by atomic mass is 10.1. The Labute approximate surface area is 194 Å². The first-order chi connectivity index (χ1) is 15.9. The summed E-state index contributed by atoms with van der Waals surface area (Å²) < 4.78 is 18.7. The minimum atomic E-state index is -0.395. The van der Waals surface area contributed by atoms with Crippen molar-refractivity contribution in [2.75, 3.05) is 5.32 Å². The lowest BCUT2D eigenvalue weighted by molar-refractivity contribution is -0.121. The highest BCUT2D eigenvalue weighted by Crippen LogP contribution is 2.26. The van der Waals surface area contributed by atoms with Crippen LogP contribution in [0.15, 0.2) is 70.5 Å². The zero-order valence-electron chi connectivity index (χ0n) is 18.1. The van der Waals surface area contributed by atoms with Crippen molar-refractivity contribution in [3.63, 3.8) is 0 Å². The molecule has 2 amide bonds. The van der Waals surface area contributed by atoms with Gasteiger partial charge in [0, 0.05) is 11.3 Å². The van der Waals surface area contributed by atoms with Crippen LogP contribution < -0.4 is 10.6 Å². The number of nitrogens with zero attached hydrogens (tertiary/aromatic N) is 1. The highest BCUT2D eigenvalue weighted by atomic mass is 32.1. The molecule has 33 heavy (non-hydrogen) atoms. The molecule has 168 valence electrons. The van der Waals surface area contributed by atoms with E-state index in [0.29, 0.717) is 28.6 Å². The smallest absolute Gasteiger partial charge is 0.255 e. The number of carbonyl (C=O) groups is 2. The Morgan fingerprint density at radius 3 is 2.48 bits per heavy atom. The molecule has 0 saturated carbocycles. The van der Waals surface area contributed by atoms with E-state index in [-0.39, 0.29) is 24.3 Å².